The monoisotopic (exact) mass is 403 g/mol. The fourth-order valence-corrected chi connectivity index (χ4v) is 4.13. The summed E-state index contributed by atoms with van der Waals surface area (Å²) in [6.07, 6.45) is 6.19. The second-order valence-electron chi connectivity index (χ2n) is 6.34. The molecule has 1 aliphatic heterocycles. The molecule has 0 atom stereocenters. The van der Waals surface area contributed by atoms with E-state index in [0.29, 0.717) is 18.8 Å². The zero-order valence-electron chi connectivity index (χ0n) is 15.3. The van der Waals surface area contributed by atoms with E-state index >= 15 is 0 Å². The summed E-state index contributed by atoms with van der Waals surface area (Å²) in [5, 5.41) is 11.8. The summed E-state index contributed by atoms with van der Waals surface area (Å²) in [6, 6.07) is 0. The fraction of sp³-hybridized carbons (Fsp3) is 0.471. The van der Waals surface area contributed by atoms with Crippen LogP contribution in [0.25, 0.3) is 11.0 Å². The van der Waals surface area contributed by atoms with Crippen molar-refractivity contribution in [1.29, 1.82) is 0 Å². The summed E-state index contributed by atoms with van der Waals surface area (Å²) in [6.45, 7) is 4.94. The Hall–Kier alpha value is -2.20. The van der Waals surface area contributed by atoms with Gasteiger partial charge in [0.2, 0.25) is 0 Å². The number of rotatable bonds is 6. The lowest BCUT2D eigenvalue weighted by atomic mass is 10.3. The number of carbonyl (C=O) groups is 1. The molecule has 0 bridgehead atoms. The third-order valence-electron chi connectivity index (χ3n) is 4.50. The molecule has 27 heavy (non-hydrogen) atoms. The van der Waals surface area contributed by atoms with Gasteiger partial charge in [-0.1, -0.05) is 11.8 Å². The summed E-state index contributed by atoms with van der Waals surface area (Å²) < 4.78 is 1.84. The third-order valence-corrected chi connectivity index (χ3v) is 5.83. The summed E-state index contributed by atoms with van der Waals surface area (Å²) in [5.74, 6) is 0.808. The van der Waals surface area contributed by atoms with Crippen molar-refractivity contribution in [2.45, 2.75) is 31.5 Å². The van der Waals surface area contributed by atoms with Crippen LogP contribution in [0, 0.1) is 6.92 Å². The number of nitrogens with zero attached hydrogens (tertiary/aromatic N) is 6. The Morgan fingerprint density at radius 3 is 2.81 bits per heavy atom. The number of amides is 1. The number of hydrogen-bond acceptors (Lipinski definition) is 8. The van der Waals surface area contributed by atoms with E-state index in [9.17, 15) is 4.79 Å². The number of carbonyl (C=O) groups excluding carboxylic acids is 1. The van der Waals surface area contributed by atoms with Crippen LogP contribution in [0.1, 0.15) is 28.3 Å². The largest absolute Gasteiger partial charge is 0.356 e. The first-order valence-electron chi connectivity index (χ1n) is 8.88. The molecule has 1 fully saturated rings. The smallest absolute Gasteiger partial charge is 0.270 e. The number of thiazole rings is 1. The molecule has 0 spiro atoms. The highest BCUT2D eigenvalue weighted by Crippen LogP contribution is 2.28. The van der Waals surface area contributed by atoms with Gasteiger partial charge in [-0.25, -0.2) is 19.6 Å². The van der Waals surface area contributed by atoms with Gasteiger partial charge >= 0.3 is 0 Å². The van der Waals surface area contributed by atoms with E-state index in [-0.39, 0.29) is 5.91 Å². The van der Waals surface area contributed by atoms with Gasteiger partial charge in [0.05, 0.1) is 23.1 Å². The third kappa shape index (κ3) is 3.77. The van der Waals surface area contributed by atoms with E-state index < -0.39 is 0 Å². The topological polar surface area (TPSA) is 88.8 Å². The number of nitrogens with one attached hydrogen (secondary N) is 1. The standard InChI is InChI=1S/C17H21N7OS2/c1-11-20-13(10-27-11)16(25)18-5-8-24-15-12(9-19-24)14(21-17(22-15)26-2)23-6-3-4-7-23/h9-10H,3-8H2,1-2H3,(H,18,25). The van der Waals surface area contributed by atoms with Crippen molar-refractivity contribution in [3.8, 4) is 0 Å². The fourth-order valence-electron chi connectivity index (χ4n) is 3.18. The minimum Gasteiger partial charge on any atom is -0.356 e. The minimum atomic E-state index is -0.159. The SMILES string of the molecule is CSc1nc(N2CCCC2)c2cnn(CCNC(=O)c3csc(C)n3)c2n1. The number of aryl methyl sites for hydroxylation is 1. The van der Waals surface area contributed by atoms with Crippen molar-refractivity contribution in [1.82, 2.24) is 30.0 Å². The van der Waals surface area contributed by atoms with E-state index in [1.807, 2.05) is 24.1 Å². The molecule has 10 heteroatoms. The van der Waals surface area contributed by atoms with Crippen LogP contribution in [0.2, 0.25) is 0 Å². The lowest BCUT2D eigenvalue weighted by Gasteiger charge is -2.17. The van der Waals surface area contributed by atoms with Crippen LogP contribution in [0.15, 0.2) is 16.7 Å². The molecule has 4 rings (SSSR count). The number of thioether (sulfide) groups is 1. The molecule has 1 aliphatic rings. The normalized spacial score (nSPS) is 14.2. The zero-order valence-corrected chi connectivity index (χ0v) is 16.9. The molecule has 0 aliphatic carbocycles. The maximum absolute atomic E-state index is 12.1. The molecule has 1 amide bonds. The van der Waals surface area contributed by atoms with Crippen LogP contribution in [-0.4, -0.2) is 56.5 Å². The summed E-state index contributed by atoms with van der Waals surface area (Å²) in [4.78, 5) is 28.0. The van der Waals surface area contributed by atoms with Gasteiger partial charge in [-0.3, -0.25) is 4.79 Å². The molecule has 4 heterocycles. The Morgan fingerprint density at radius 2 is 2.11 bits per heavy atom. The maximum atomic E-state index is 12.1. The Kier molecular flexibility index (Phi) is 5.26. The van der Waals surface area contributed by atoms with Crippen molar-refractivity contribution in [3.63, 3.8) is 0 Å². The average molecular weight is 404 g/mol. The highest BCUT2D eigenvalue weighted by atomic mass is 32.2. The Morgan fingerprint density at radius 1 is 1.30 bits per heavy atom. The van der Waals surface area contributed by atoms with Crippen molar-refractivity contribution in [3.05, 3.63) is 22.3 Å². The van der Waals surface area contributed by atoms with Crippen LogP contribution in [0.3, 0.4) is 0 Å². The number of aromatic nitrogens is 5. The molecule has 0 saturated carbocycles. The lowest BCUT2D eigenvalue weighted by molar-refractivity contribution is 0.0947. The molecular formula is C17H21N7OS2. The highest BCUT2D eigenvalue weighted by Gasteiger charge is 2.20. The molecule has 0 aromatic carbocycles. The first-order valence-corrected chi connectivity index (χ1v) is 11.0. The van der Waals surface area contributed by atoms with Gasteiger partial charge in [0.15, 0.2) is 10.8 Å². The summed E-state index contributed by atoms with van der Waals surface area (Å²) in [7, 11) is 0. The van der Waals surface area contributed by atoms with Crippen LogP contribution >= 0.6 is 23.1 Å². The average Bonchev–Trinajstić information content (AvgIpc) is 3.41. The van der Waals surface area contributed by atoms with Gasteiger partial charge in [0, 0.05) is 25.0 Å². The number of anilines is 1. The second kappa shape index (κ2) is 7.81. The van der Waals surface area contributed by atoms with Gasteiger partial charge in [0.25, 0.3) is 5.91 Å². The van der Waals surface area contributed by atoms with Crippen LogP contribution in [0.4, 0.5) is 5.82 Å². The molecule has 8 nitrogen and oxygen atoms in total. The van der Waals surface area contributed by atoms with E-state index in [1.165, 1.54) is 35.9 Å². The molecule has 142 valence electrons. The van der Waals surface area contributed by atoms with Crippen LogP contribution in [0.5, 0.6) is 0 Å². The lowest BCUT2D eigenvalue weighted by Crippen LogP contribution is -2.27. The minimum absolute atomic E-state index is 0.159. The van der Waals surface area contributed by atoms with E-state index in [1.54, 1.807) is 5.38 Å². The van der Waals surface area contributed by atoms with Gasteiger partial charge in [-0.15, -0.1) is 11.3 Å². The van der Waals surface area contributed by atoms with Gasteiger partial charge in [-0.05, 0) is 26.0 Å². The molecule has 1 N–H and O–H groups in total. The van der Waals surface area contributed by atoms with Gasteiger partial charge < -0.3 is 10.2 Å². The summed E-state index contributed by atoms with van der Waals surface area (Å²) in [5.41, 5.74) is 1.28. The Labute approximate surface area is 165 Å². The molecular weight excluding hydrogens is 382 g/mol. The van der Waals surface area contributed by atoms with Crippen LogP contribution in [-0.2, 0) is 6.54 Å². The molecule has 3 aromatic rings. The molecule has 1 saturated heterocycles. The summed E-state index contributed by atoms with van der Waals surface area (Å²) >= 11 is 3.00. The maximum Gasteiger partial charge on any atom is 0.270 e. The molecule has 0 unspecified atom stereocenters. The second-order valence-corrected chi connectivity index (χ2v) is 8.18. The van der Waals surface area contributed by atoms with Gasteiger partial charge in [0.1, 0.15) is 11.5 Å². The quantitative estimate of drug-likeness (QED) is 0.499. The number of hydrogen-bond donors (Lipinski definition) is 1. The molecule has 3 aromatic heterocycles. The van der Waals surface area contributed by atoms with E-state index in [2.05, 4.69) is 25.3 Å². The first-order chi connectivity index (χ1) is 13.2. The Balaban J connectivity index is 1.52. The molecule has 0 radical (unpaired) electrons. The first kappa shape index (κ1) is 18.2. The van der Waals surface area contributed by atoms with E-state index in [4.69, 9.17) is 4.98 Å². The van der Waals surface area contributed by atoms with Crippen molar-refractivity contribution in [2.75, 3.05) is 30.8 Å². The van der Waals surface area contributed by atoms with E-state index in [0.717, 1.165) is 40.1 Å². The zero-order chi connectivity index (χ0) is 18.8. The predicted molar refractivity (Wildman–Crippen MR) is 108 cm³/mol. The van der Waals surface area contributed by atoms with Crippen molar-refractivity contribution >= 4 is 45.9 Å². The van der Waals surface area contributed by atoms with Crippen LogP contribution < -0.4 is 10.2 Å². The highest BCUT2D eigenvalue weighted by molar-refractivity contribution is 7.98. The predicted octanol–water partition coefficient (Wildman–Crippen LogP) is 2.34. The van der Waals surface area contributed by atoms with Gasteiger partial charge in [-0.2, -0.15) is 5.10 Å². The number of fused-ring (bicyclic) bond motifs is 1. The van der Waals surface area contributed by atoms with Crippen molar-refractivity contribution < 1.29 is 4.79 Å². The Bertz CT molecular complexity index is 962. The van der Waals surface area contributed by atoms with Crippen molar-refractivity contribution in [2.24, 2.45) is 0 Å².